The van der Waals surface area contributed by atoms with E-state index in [4.69, 9.17) is 16.3 Å². The lowest BCUT2D eigenvalue weighted by Gasteiger charge is -2.18. The fraction of sp³-hybridized carbons (Fsp3) is 0.286. The van der Waals surface area contributed by atoms with Crippen molar-refractivity contribution in [2.75, 3.05) is 31.4 Å². The maximum atomic E-state index is 6.00. The Morgan fingerprint density at radius 1 is 1.25 bits per heavy atom. The minimum absolute atomic E-state index is 0.324. The molecule has 6 heteroatoms. The number of ether oxygens (including phenoxy) is 1. The SMILES string of the molecule is COCc1nc(Cl)cc(Nc2ccccc2N(C)C)n1. The normalized spacial score (nSPS) is 10.4. The molecule has 0 unspecified atom stereocenters. The third kappa shape index (κ3) is 3.59. The van der Waals surface area contributed by atoms with Gasteiger partial charge in [0.25, 0.3) is 0 Å². The lowest BCUT2D eigenvalue weighted by atomic mass is 10.2. The zero-order valence-corrected chi connectivity index (χ0v) is 12.5. The van der Waals surface area contributed by atoms with Gasteiger partial charge in [-0.25, -0.2) is 9.97 Å². The van der Waals surface area contributed by atoms with Crippen molar-refractivity contribution in [1.82, 2.24) is 9.97 Å². The molecule has 1 aromatic heterocycles. The van der Waals surface area contributed by atoms with Crippen LogP contribution in [0.5, 0.6) is 0 Å². The summed E-state index contributed by atoms with van der Waals surface area (Å²) in [5.74, 6) is 1.19. The van der Waals surface area contributed by atoms with Crippen molar-refractivity contribution in [3.05, 3.63) is 41.3 Å². The minimum atomic E-state index is 0.324. The fourth-order valence-corrected chi connectivity index (χ4v) is 2.03. The van der Waals surface area contributed by atoms with Crippen LogP contribution in [0.3, 0.4) is 0 Å². The molecular formula is C14H17ClN4O. The largest absolute Gasteiger partial charge is 0.377 e. The van der Waals surface area contributed by atoms with E-state index in [9.17, 15) is 0 Å². The average molecular weight is 293 g/mol. The van der Waals surface area contributed by atoms with E-state index >= 15 is 0 Å². The summed E-state index contributed by atoms with van der Waals surface area (Å²) in [5.41, 5.74) is 2.02. The zero-order chi connectivity index (χ0) is 14.5. The Balaban J connectivity index is 2.30. The Bertz CT molecular complexity index is 589. The Labute approximate surface area is 123 Å². The Hall–Kier alpha value is -1.85. The van der Waals surface area contributed by atoms with Crippen LogP contribution in [0.2, 0.25) is 5.15 Å². The van der Waals surface area contributed by atoms with Gasteiger partial charge in [0.2, 0.25) is 0 Å². The quantitative estimate of drug-likeness (QED) is 0.858. The maximum absolute atomic E-state index is 6.00. The number of para-hydroxylation sites is 2. The van der Waals surface area contributed by atoms with E-state index in [1.54, 1.807) is 13.2 Å². The zero-order valence-electron chi connectivity index (χ0n) is 11.7. The van der Waals surface area contributed by atoms with Gasteiger partial charge in [0.15, 0.2) is 5.82 Å². The highest BCUT2D eigenvalue weighted by Gasteiger charge is 2.07. The van der Waals surface area contributed by atoms with Gasteiger partial charge in [-0.15, -0.1) is 0 Å². The van der Waals surface area contributed by atoms with Gasteiger partial charge >= 0.3 is 0 Å². The Morgan fingerprint density at radius 2 is 2.00 bits per heavy atom. The van der Waals surface area contributed by atoms with Crippen molar-refractivity contribution in [3.8, 4) is 0 Å². The van der Waals surface area contributed by atoms with Gasteiger partial charge < -0.3 is 15.0 Å². The first-order valence-corrected chi connectivity index (χ1v) is 6.53. The molecule has 0 amide bonds. The number of nitrogens with zero attached hydrogens (tertiary/aromatic N) is 3. The van der Waals surface area contributed by atoms with E-state index in [0.29, 0.717) is 23.4 Å². The van der Waals surface area contributed by atoms with E-state index < -0.39 is 0 Å². The number of hydrogen-bond donors (Lipinski definition) is 1. The van der Waals surface area contributed by atoms with E-state index in [1.165, 1.54) is 0 Å². The second-order valence-electron chi connectivity index (χ2n) is 4.46. The standard InChI is InChI=1S/C14H17ClN4O/c1-19(2)11-7-5-4-6-10(11)16-13-8-12(15)17-14(18-13)9-20-3/h4-8H,9H2,1-3H3,(H,16,17,18). The number of aromatic nitrogens is 2. The minimum Gasteiger partial charge on any atom is -0.377 e. The summed E-state index contributed by atoms with van der Waals surface area (Å²) in [6.07, 6.45) is 0. The monoisotopic (exact) mass is 292 g/mol. The van der Waals surface area contributed by atoms with Crippen LogP contribution < -0.4 is 10.2 Å². The highest BCUT2D eigenvalue weighted by atomic mass is 35.5. The van der Waals surface area contributed by atoms with Gasteiger partial charge in [-0.1, -0.05) is 23.7 Å². The molecule has 0 spiro atoms. The number of nitrogens with one attached hydrogen (secondary N) is 1. The lowest BCUT2D eigenvalue weighted by molar-refractivity contribution is 0.178. The molecule has 0 aliphatic heterocycles. The third-order valence-electron chi connectivity index (χ3n) is 2.66. The third-order valence-corrected chi connectivity index (χ3v) is 2.86. The van der Waals surface area contributed by atoms with E-state index in [2.05, 4.69) is 15.3 Å². The van der Waals surface area contributed by atoms with Gasteiger partial charge in [-0.2, -0.15) is 0 Å². The summed E-state index contributed by atoms with van der Waals surface area (Å²) in [6, 6.07) is 9.66. The van der Waals surface area contributed by atoms with Gasteiger partial charge in [0, 0.05) is 27.3 Å². The van der Waals surface area contributed by atoms with E-state index in [1.807, 2.05) is 43.3 Å². The van der Waals surface area contributed by atoms with Gasteiger partial charge in [-0.3, -0.25) is 0 Å². The number of methoxy groups -OCH3 is 1. The summed E-state index contributed by atoms with van der Waals surface area (Å²) in [5, 5.41) is 3.65. The topological polar surface area (TPSA) is 50.3 Å². The van der Waals surface area contributed by atoms with Crippen LogP contribution in [0.15, 0.2) is 30.3 Å². The van der Waals surface area contributed by atoms with Gasteiger partial charge in [0.1, 0.15) is 17.6 Å². The second kappa shape index (κ2) is 6.54. The van der Waals surface area contributed by atoms with Crippen molar-refractivity contribution >= 4 is 28.8 Å². The van der Waals surface area contributed by atoms with Crippen LogP contribution >= 0.6 is 11.6 Å². The second-order valence-corrected chi connectivity index (χ2v) is 4.85. The molecule has 0 aliphatic carbocycles. The molecule has 0 bridgehead atoms. The van der Waals surface area contributed by atoms with Crippen LogP contribution in [0.25, 0.3) is 0 Å². The molecule has 0 fully saturated rings. The number of benzene rings is 1. The molecule has 5 nitrogen and oxygen atoms in total. The van der Waals surface area contributed by atoms with Crippen molar-refractivity contribution in [3.63, 3.8) is 0 Å². The van der Waals surface area contributed by atoms with Crippen molar-refractivity contribution in [2.45, 2.75) is 6.61 Å². The number of anilines is 3. The highest BCUT2D eigenvalue weighted by Crippen LogP contribution is 2.27. The molecule has 0 atom stereocenters. The van der Waals surface area contributed by atoms with Crippen molar-refractivity contribution in [1.29, 1.82) is 0 Å². The number of hydrogen-bond acceptors (Lipinski definition) is 5. The summed E-state index contributed by atoms with van der Waals surface area (Å²) in [4.78, 5) is 10.5. The Kier molecular flexibility index (Phi) is 4.76. The number of rotatable bonds is 5. The first kappa shape index (κ1) is 14.6. The lowest BCUT2D eigenvalue weighted by Crippen LogP contribution is -2.11. The van der Waals surface area contributed by atoms with Gasteiger partial charge in [-0.05, 0) is 12.1 Å². The fourth-order valence-electron chi connectivity index (χ4n) is 1.83. The molecule has 0 saturated carbocycles. The van der Waals surface area contributed by atoms with Crippen LogP contribution in [-0.4, -0.2) is 31.2 Å². The molecule has 0 aliphatic rings. The van der Waals surface area contributed by atoms with Crippen LogP contribution in [0.4, 0.5) is 17.2 Å². The average Bonchev–Trinajstić information content (AvgIpc) is 2.38. The van der Waals surface area contributed by atoms with E-state index in [0.717, 1.165) is 11.4 Å². The molecular weight excluding hydrogens is 276 g/mol. The molecule has 0 saturated heterocycles. The van der Waals surface area contributed by atoms with Gasteiger partial charge in [0.05, 0.1) is 11.4 Å². The summed E-state index contributed by atoms with van der Waals surface area (Å²) in [6.45, 7) is 0.324. The first-order chi connectivity index (χ1) is 9.60. The molecule has 2 aromatic rings. The van der Waals surface area contributed by atoms with Crippen molar-refractivity contribution < 1.29 is 4.74 Å². The molecule has 2 rings (SSSR count). The molecule has 1 aromatic carbocycles. The highest BCUT2D eigenvalue weighted by molar-refractivity contribution is 6.29. The molecule has 20 heavy (non-hydrogen) atoms. The predicted molar refractivity (Wildman–Crippen MR) is 81.8 cm³/mol. The summed E-state index contributed by atoms with van der Waals surface area (Å²) >= 11 is 6.00. The Morgan fingerprint density at radius 3 is 2.70 bits per heavy atom. The predicted octanol–water partition coefficient (Wildman–Crippen LogP) is 3.09. The summed E-state index contributed by atoms with van der Waals surface area (Å²) < 4.78 is 5.03. The molecule has 1 N–H and O–H groups in total. The smallest absolute Gasteiger partial charge is 0.158 e. The maximum Gasteiger partial charge on any atom is 0.158 e. The molecule has 1 heterocycles. The van der Waals surface area contributed by atoms with Crippen LogP contribution in [0, 0.1) is 0 Å². The number of halogens is 1. The van der Waals surface area contributed by atoms with E-state index in [-0.39, 0.29) is 0 Å². The van der Waals surface area contributed by atoms with Crippen LogP contribution in [0.1, 0.15) is 5.82 Å². The van der Waals surface area contributed by atoms with Crippen molar-refractivity contribution in [2.24, 2.45) is 0 Å². The summed E-state index contributed by atoms with van der Waals surface area (Å²) in [7, 11) is 5.58. The molecule has 0 radical (unpaired) electrons. The molecule has 106 valence electrons. The van der Waals surface area contributed by atoms with Crippen LogP contribution in [-0.2, 0) is 11.3 Å². The first-order valence-electron chi connectivity index (χ1n) is 6.16.